The van der Waals surface area contributed by atoms with Gasteiger partial charge in [-0.25, -0.2) is 4.98 Å². The van der Waals surface area contributed by atoms with Gasteiger partial charge in [-0.2, -0.15) is 0 Å². The number of hydrogen-bond acceptors (Lipinski definition) is 3. The first-order chi connectivity index (χ1) is 7.96. The number of nitrogens with one attached hydrogen (secondary N) is 1. The average molecular weight is 236 g/mol. The third-order valence-corrected chi connectivity index (χ3v) is 3.27. The molecule has 0 amide bonds. The third-order valence-electron chi connectivity index (χ3n) is 3.27. The van der Waals surface area contributed by atoms with Crippen LogP contribution in [0.3, 0.4) is 0 Å². The van der Waals surface area contributed by atoms with Crippen molar-refractivity contribution in [3.63, 3.8) is 0 Å². The van der Waals surface area contributed by atoms with E-state index in [-0.39, 0.29) is 5.54 Å². The van der Waals surface area contributed by atoms with Gasteiger partial charge in [-0.3, -0.25) is 0 Å². The van der Waals surface area contributed by atoms with Crippen molar-refractivity contribution in [3.05, 3.63) is 17.8 Å². The van der Waals surface area contributed by atoms with E-state index in [0.717, 1.165) is 37.0 Å². The van der Waals surface area contributed by atoms with Crippen molar-refractivity contribution >= 4 is 0 Å². The zero-order valence-corrected chi connectivity index (χ0v) is 11.4. The van der Waals surface area contributed by atoms with E-state index < -0.39 is 0 Å². The molecule has 1 N–H and O–H groups in total. The minimum atomic E-state index is 0.200. The maximum absolute atomic E-state index is 5.77. The van der Waals surface area contributed by atoms with Gasteiger partial charge in [0.2, 0.25) is 0 Å². The first-order valence-corrected chi connectivity index (χ1v) is 6.65. The minimum Gasteiger partial charge on any atom is -0.445 e. The summed E-state index contributed by atoms with van der Waals surface area (Å²) in [5.41, 5.74) is 0.200. The maximum Gasteiger partial charge on any atom is 0.194 e. The van der Waals surface area contributed by atoms with Crippen LogP contribution in [0.5, 0.6) is 0 Å². The van der Waals surface area contributed by atoms with Crippen molar-refractivity contribution in [3.8, 4) is 0 Å². The molecule has 1 aromatic rings. The molecular formula is C14H24N2O. The van der Waals surface area contributed by atoms with E-state index in [1.807, 2.05) is 6.20 Å². The fraction of sp³-hybridized carbons (Fsp3) is 0.786. The van der Waals surface area contributed by atoms with E-state index in [1.54, 1.807) is 0 Å². The number of rotatable bonds is 5. The van der Waals surface area contributed by atoms with E-state index in [1.165, 1.54) is 6.42 Å². The van der Waals surface area contributed by atoms with Gasteiger partial charge in [0.25, 0.3) is 0 Å². The standard InChI is InChI=1S/C14H24N2O/c1-10-8-11(10)12-9-15-13(17-12)6-5-7-16-14(2,3)4/h9-11,16H,5-8H2,1-4H3. The summed E-state index contributed by atoms with van der Waals surface area (Å²) >= 11 is 0. The van der Waals surface area contributed by atoms with Gasteiger partial charge in [0.1, 0.15) is 5.76 Å². The summed E-state index contributed by atoms with van der Waals surface area (Å²) in [7, 11) is 0. The highest BCUT2D eigenvalue weighted by molar-refractivity contribution is 5.11. The molecule has 0 bridgehead atoms. The van der Waals surface area contributed by atoms with Crippen molar-refractivity contribution < 1.29 is 4.42 Å². The smallest absolute Gasteiger partial charge is 0.194 e. The first kappa shape index (κ1) is 12.6. The average Bonchev–Trinajstić information content (AvgIpc) is 2.77. The Kier molecular flexibility index (Phi) is 3.57. The molecule has 0 aliphatic heterocycles. The Bertz CT molecular complexity index is 365. The SMILES string of the molecule is CC1CC1c1cnc(CCCNC(C)(C)C)o1. The predicted molar refractivity (Wildman–Crippen MR) is 69.1 cm³/mol. The first-order valence-electron chi connectivity index (χ1n) is 6.65. The lowest BCUT2D eigenvalue weighted by Crippen LogP contribution is -2.36. The zero-order valence-electron chi connectivity index (χ0n) is 11.4. The van der Waals surface area contributed by atoms with Gasteiger partial charge in [0.05, 0.1) is 6.20 Å². The largest absolute Gasteiger partial charge is 0.445 e. The molecule has 3 nitrogen and oxygen atoms in total. The lowest BCUT2D eigenvalue weighted by molar-refractivity contribution is 0.405. The fourth-order valence-electron chi connectivity index (χ4n) is 2.03. The van der Waals surface area contributed by atoms with Gasteiger partial charge >= 0.3 is 0 Å². The molecule has 2 unspecified atom stereocenters. The monoisotopic (exact) mass is 236 g/mol. The molecule has 0 spiro atoms. The normalized spacial score (nSPS) is 24.0. The van der Waals surface area contributed by atoms with E-state index in [0.29, 0.717) is 5.92 Å². The molecular weight excluding hydrogens is 212 g/mol. The second kappa shape index (κ2) is 4.81. The molecule has 0 aromatic carbocycles. The highest BCUT2D eigenvalue weighted by Crippen LogP contribution is 2.46. The van der Waals surface area contributed by atoms with Crippen LogP contribution in [0.1, 0.15) is 58.1 Å². The van der Waals surface area contributed by atoms with Crippen LogP contribution >= 0.6 is 0 Å². The zero-order chi connectivity index (χ0) is 12.5. The number of hydrogen-bond donors (Lipinski definition) is 1. The molecule has 1 saturated carbocycles. The molecule has 0 radical (unpaired) electrons. The second-order valence-corrected chi connectivity index (χ2v) is 6.26. The summed E-state index contributed by atoms with van der Waals surface area (Å²) in [6, 6.07) is 0. The number of oxazole rings is 1. The van der Waals surface area contributed by atoms with Gasteiger partial charge < -0.3 is 9.73 Å². The van der Waals surface area contributed by atoms with Gasteiger partial charge in [-0.1, -0.05) is 6.92 Å². The quantitative estimate of drug-likeness (QED) is 0.798. The molecule has 2 atom stereocenters. The molecule has 17 heavy (non-hydrogen) atoms. The highest BCUT2D eigenvalue weighted by atomic mass is 16.4. The van der Waals surface area contributed by atoms with Gasteiger partial charge in [0, 0.05) is 17.9 Å². The van der Waals surface area contributed by atoms with E-state index in [2.05, 4.69) is 38.0 Å². The molecule has 2 rings (SSSR count). The summed E-state index contributed by atoms with van der Waals surface area (Å²) in [5.74, 6) is 3.42. The van der Waals surface area contributed by atoms with E-state index >= 15 is 0 Å². The lowest BCUT2D eigenvalue weighted by atomic mass is 10.1. The van der Waals surface area contributed by atoms with Crippen LogP contribution in [0, 0.1) is 5.92 Å². The molecule has 1 aliphatic rings. The van der Waals surface area contributed by atoms with Crippen LogP contribution in [0.2, 0.25) is 0 Å². The Morgan fingerprint density at radius 1 is 1.47 bits per heavy atom. The number of aromatic nitrogens is 1. The summed E-state index contributed by atoms with van der Waals surface area (Å²) in [4.78, 5) is 4.35. The van der Waals surface area contributed by atoms with Crippen molar-refractivity contribution in [2.75, 3.05) is 6.54 Å². The maximum atomic E-state index is 5.77. The predicted octanol–water partition coefficient (Wildman–Crippen LogP) is 3.12. The fourth-order valence-corrected chi connectivity index (χ4v) is 2.03. The molecule has 1 heterocycles. The van der Waals surface area contributed by atoms with Crippen LogP contribution in [0.15, 0.2) is 10.6 Å². The van der Waals surface area contributed by atoms with Crippen molar-refractivity contribution in [2.45, 2.75) is 58.4 Å². The molecule has 1 fully saturated rings. The lowest BCUT2D eigenvalue weighted by Gasteiger charge is -2.19. The summed E-state index contributed by atoms with van der Waals surface area (Å²) in [5, 5.41) is 3.47. The minimum absolute atomic E-state index is 0.200. The Morgan fingerprint density at radius 2 is 2.18 bits per heavy atom. The Balaban J connectivity index is 1.71. The molecule has 3 heteroatoms. The van der Waals surface area contributed by atoms with Crippen LogP contribution in [0.25, 0.3) is 0 Å². The Morgan fingerprint density at radius 3 is 2.76 bits per heavy atom. The molecule has 1 aliphatic carbocycles. The topological polar surface area (TPSA) is 38.1 Å². The Hall–Kier alpha value is -0.830. The molecule has 96 valence electrons. The number of aryl methyl sites for hydroxylation is 1. The van der Waals surface area contributed by atoms with Crippen LogP contribution in [-0.2, 0) is 6.42 Å². The summed E-state index contributed by atoms with van der Waals surface area (Å²) < 4.78 is 5.77. The second-order valence-electron chi connectivity index (χ2n) is 6.26. The summed E-state index contributed by atoms with van der Waals surface area (Å²) in [6.07, 6.45) is 5.20. The van der Waals surface area contributed by atoms with Crippen LogP contribution < -0.4 is 5.32 Å². The van der Waals surface area contributed by atoms with E-state index in [9.17, 15) is 0 Å². The molecule has 1 aromatic heterocycles. The molecule has 0 saturated heterocycles. The Labute approximate surface area is 104 Å². The van der Waals surface area contributed by atoms with Crippen LogP contribution in [-0.4, -0.2) is 17.1 Å². The van der Waals surface area contributed by atoms with Crippen molar-refractivity contribution in [2.24, 2.45) is 5.92 Å². The third kappa shape index (κ3) is 3.84. The van der Waals surface area contributed by atoms with Gasteiger partial charge in [-0.15, -0.1) is 0 Å². The van der Waals surface area contributed by atoms with Crippen molar-refractivity contribution in [1.82, 2.24) is 10.3 Å². The van der Waals surface area contributed by atoms with Gasteiger partial charge in [0.15, 0.2) is 5.89 Å². The van der Waals surface area contributed by atoms with Crippen molar-refractivity contribution in [1.29, 1.82) is 0 Å². The van der Waals surface area contributed by atoms with E-state index in [4.69, 9.17) is 4.42 Å². The van der Waals surface area contributed by atoms with Crippen LogP contribution in [0.4, 0.5) is 0 Å². The van der Waals surface area contributed by atoms with Gasteiger partial charge in [-0.05, 0) is 46.1 Å². The summed E-state index contributed by atoms with van der Waals surface area (Å²) in [6.45, 7) is 9.83. The highest BCUT2D eigenvalue weighted by Gasteiger charge is 2.37. The number of nitrogens with zero attached hydrogens (tertiary/aromatic N) is 1.